The van der Waals surface area contributed by atoms with E-state index >= 15 is 0 Å². The van der Waals surface area contributed by atoms with Crippen molar-refractivity contribution in [2.45, 2.75) is 45.8 Å². The molecule has 0 saturated carbocycles. The van der Waals surface area contributed by atoms with E-state index < -0.39 is 0 Å². The van der Waals surface area contributed by atoms with Crippen molar-refractivity contribution in [3.05, 3.63) is 46.9 Å². The van der Waals surface area contributed by atoms with Crippen LogP contribution in [0.3, 0.4) is 0 Å². The zero-order valence-electron chi connectivity index (χ0n) is 18.5. The molecule has 3 aromatic rings. The van der Waals surface area contributed by atoms with Gasteiger partial charge in [-0.2, -0.15) is 0 Å². The minimum Gasteiger partial charge on any atom is -0.375 e. The summed E-state index contributed by atoms with van der Waals surface area (Å²) in [5.74, 6) is 2.17. The lowest BCUT2D eigenvalue weighted by molar-refractivity contribution is -0.125. The number of nitrogens with zero attached hydrogens (tertiary/aromatic N) is 4. The van der Waals surface area contributed by atoms with E-state index in [1.165, 1.54) is 22.1 Å². The largest absolute Gasteiger partial charge is 0.375 e. The zero-order valence-corrected chi connectivity index (χ0v) is 19.3. The second-order valence-electron chi connectivity index (χ2n) is 8.59. The fourth-order valence-electron chi connectivity index (χ4n) is 4.21. The maximum absolute atomic E-state index is 12.2. The van der Waals surface area contributed by atoms with E-state index in [2.05, 4.69) is 69.2 Å². The number of aromatic nitrogens is 3. The van der Waals surface area contributed by atoms with Gasteiger partial charge in [-0.15, -0.1) is 21.5 Å². The molecule has 0 bridgehead atoms. The molecule has 8 heteroatoms. The third-order valence-electron chi connectivity index (χ3n) is 5.63. The number of nitrogens with one attached hydrogen (secondary N) is 1. The summed E-state index contributed by atoms with van der Waals surface area (Å²) in [6.07, 6.45) is 1.68. The van der Waals surface area contributed by atoms with Gasteiger partial charge in [0.25, 0.3) is 0 Å². The summed E-state index contributed by atoms with van der Waals surface area (Å²) in [6.45, 7) is 8.04. The third kappa shape index (κ3) is 5.31. The summed E-state index contributed by atoms with van der Waals surface area (Å²) in [5.41, 5.74) is 0. The van der Waals surface area contributed by atoms with Crippen molar-refractivity contribution in [3.8, 4) is 0 Å². The van der Waals surface area contributed by atoms with Crippen molar-refractivity contribution in [1.82, 2.24) is 25.0 Å². The Morgan fingerprint density at radius 1 is 1.23 bits per heavy atom. The van der Waals surface area contributed by atoms with Gasteiger partial charge in [-0.05, 0) is 29.9 Å². The first-order valence-corrected chi connectivity index (χ1v) is 11.7. The summed E-state index contributed by atoms with van der Waals surface area (Å²) >= 11 is 1.87. The van der Waals surface area contributed by atoms with Crippen molar-refractivity contribution in [2.75, 3.05) is 26.8 Å². The lowest BCUT2D eigenvalue weighted by Crippen LogP contribution is -2.34. The Balaban J connectivity index is 1.47. The summed E-state index contributed by atoms with van der Waals surface area (Å²) in [7, 11) is 1.53. The summed E-state index contributed by atoms with van der Waals surface area (Å²) < 4.78 is 8.55. The normalized spacial score (nSPS) is 15.7. The van der Waals surface area contributed by atoms with Crippen LogP contribution in [0.5, 0.6) is 0 Å². The molecule has 2 aromatic heterocycles. The number of amides is 1. The summed E-state index contributed by atoms with van der Waals surface area (Å²) in [4.78, 5) is 16.1. The second-order valence-corrected chi connectivity index (χ2v) is 9.75. The fraction of sp³-hybridized carbons (Fsp3) is 0.522. The smallest absolute Gasteiger partial charge is 0.246 e. The van der Waals surface area contributed by atoms with Gasteiger partial charge in [0.05, 0.1) is 6.04 Å². The molecule has 31 heavy (non-hydrogen) atoms. The molecule has 1 aliphatic heterocycles. The molecule has 1 atom stereocenters. The number of hydrogen-bond donors (Lipinski definition) is 1. The Morgan fingerprint density at radius 2 is 2.06 bits per heavy atom. The average Bonchev–Trinajstić information content (AvgIpc) is 3.27. The Morgan fingerprint density at radius 3 is 2.84 bits per heavy atom. The predicted octanol–water partition coefficient (Wildman–Crippen LogP) is 3.40. The van der Waals surface area contributed by atoms with Crippen LogP contribution in [0.15, 0.2) is 30.3 Å². The van der Waals surface area contributed by atoms with Gasteiger partial charge in [0.15, 0.2) is 5.82 Å². The van der Waals surface area contributed by atoms with Gasteiger partial charge in [0.2, 0.25) is 5.91 Å². The highest BCUT2D eigenvalue weighted by atomic mass is 32.1. The van der Waals surface area contributed by atoms with Gasteiger partial charge < -0.3 is 14.6 Å². The van der Waals surface area contributed by atoms with Crippen molar-refractivity contribution >= 4 is 27.3 Å². The summed E-state index contributed by atoms with van der Waals surface area (Å²) in [5, 5.41) is 13.4. The summed E-state index contributed by atoms with van der Waals surface area (Å²) in [6, 6.07) is 10.7. The Bertz CT molecular complexity index is 995. The molecule has 0 unspecified atom stereocenters. The van der Waals surface area contributed by atoms with E-state index in [0.29, 0.717) is 5.92 Å². The van der Waals surface area contributed by atoms with E-state index in [9.17, 15) is 4.79 Å². The molecule has 1 N–H and O–H groups in total. The van der Waals surface area contributed by atoms with E-state index in [-0.39, 0.29) is 18.6 Å². The molecule has 0 saturated heterocycles. The van der Waals surface area contributed by atoms with Crippen molar-refractivity contribution in [1.29, 1.82) is 0 Å². The quantitative estimate of drug-likeness (QED) is 0.580. The fourth-order valence-corrected chi connectivity index (χ4v) is 5.31. The maximum Gasteiger partial charge on any atom is 0.246 e. The van der Waals surface area contributed by atoms with Crippen molar-refractivity contribution < 1.29 is 9.53 Å². The number of methoxy groups -OCH3 is 1. The minimum atomic E-state index is -0.155. The molecule has 0 aliphatic carbocycles. The Kier molecular flexibility index (Phi) is 6.99. The number of benzene rings is 1. The van der Waals surface area contributed by atoms with Crippen LogP contribution in [0.4, 0.5) is 0 Å². The maximum atomic E-state index is 12.2. The van der Waals surface area contributed by atoms with Crippen molar-refractivity contribution in [2.24, 2.45) is 5.92 Å². The van der Waals surface area contributed by atoms with Crippen LogP contribution < -0.4 is 5.32 Å². The van der Waals surface area contributed by atoms with E-state index in [0.717, 1.165) is 50.7 Å². The van der Waals surface area contributed by atoms with E-state index in [1.54, 1.807) is 0 Å². The average molecular weight is 442 g/mol. The molecular formula is C23H31N5O2S. The van der Waals surface area contributed by atoms with Gasteiger partial charge >= 0.3 is 0 Å². The third-order valence-corrected chi connectivity index (χ3v) is 6.73. The molecule has 3 heterocycles. The van der Waals surface area contributed by atoms with Gasteiger partial charge in [0, 0.05) is 49.3 Å². The predicted molar refractivity (Wildman–Crippen MR) is 123 cm³/mol. The molecule has 0 radical (unpaired) electrons. The number of hydrogen-bond acceptors (Lipinski definition) is 6. The van der Waals surface area contributed by atoms with E-state index in [4.69, 9.17) is 4.74 Å². The molecule has 7 nitrogen and oxygen atoms in total. The highest BCUT2D eigenvalue weighted by Crippen LogP contribution is 2.27. The first-order valence-electron chi connectivity index (χ1n) is 10.9. The van der Waals surface area contributed by atoms with Crippen LogP contribution in [0.2, 0.25) is 0 Å². The van der Waals surface area contributed by atoms with Gasteiger partial charge in [0.1, 0.15) is 12.4 Å². The van der Waals surface area contributed by atoms with Gasteiger partial charge in [-0.25, -0.2) is 0 Å². The number of ether oxygens (including phenoxy) is 1. The van der Waals surface area contributed by atoms with Crippen LogP contribution >= 0.6 is 11.3 Å². The minimum absolute atomic E-state index is 0.0541. The molecule has 0 spiro atoms. The van der Waals surface area contributed by atoms with Crippen LogP contribution in [-0.4, -0.2) is 52.4 Å². The van der Waals surface area contributed by atoms with Gasteiger partial charge in [-0.3, -0.25) is 9.69 Å². The standard InChI is InChI=1S/C23H31N5O2S/c1-16(2)12-19(24-22(29)15-30-3)23-26-25-21-8-9-27(10-11-28(21)23)14-18-13-17-6-4-5-7-20(17)31-18/h4-7,13,16,19H,8-12,14-15H2,1-3H3,(H,24,29)/t19-/m0/s1. The SMILES string of the molecule is COCC(=O)N[C@@H](CC(C)C)c1nnc2n1CCN(Cc1cc3ccccc3s1)CC2. The van der Waals surface area contributed by atoms with Crippen LogP contribution in [0, 0.1) is 5.92 Å². The first-order chi connectivity index (χ1) is 15.0. The van der Waals surface area contributed by atoms with Crippen LogP contribution in [0.1, 0.15) is 42.8 Å². The van der Waals surface area contributed by atoms with E-state index in [1.807, 2.05) is 11.3 Å². The molecule has 1 aliphatic rings. The topological polar surface area (TPSA) is 72.3 Å². The molecule has 0 fully saturated rings. The lowest BCUT2D eigenvalue weighted by Gasteiger charge is -2.22. The number of carbonyl (C=O) groups is 1. The lowest BCUT2D eigenvalue weighted by atomic mass is 10.0. The highest BCUT2D eigenvalue weighted by Gasteiger charge is 2.26. The molecule has 4 rings (SSSR count). The van der Waals surface area contributed by atoms with Crippen molar-refractivity contribution in [3.63, 3.8) is 0 Å². The molecule has 1 aromatic carbocycles. The number of carbonyl (C=O) groups excluding carboxylic acids is 1. The highest BCUT2D eigenvalue weighted by molar-refractivity contribution is 7.19. The number of rotatable bonds is 8. The number of thiophene rings is 1. The number of fused-ring (bicyclic) bond motifs is 2. The Labute approximate surface area is 187 Å². The van der Waals surface area contributed by atoms with Crippen LogP contribution in [-0.2, 0) is 29.0 Å². The Hall–Kier alpha value is -2.29. The first kappa shape index (κ1) is 21.9. The molecule has 166 valence electrons. The molecule has 1 amide bonds. The van der Waals surface area contributed by atoms with Gasteiger partial charge in [-0.1, -0.05) is 32.0 Å². The monoisotopic (exact) mass is 441 g/mol. The molecular weight excluding hydrogens is 410 g/mol. The zero-order chi connectivity index (χ0) is 21.8. The second kappa shape index (κ2) is 9.89. The van der Waals surface area contributed by atoms with Crippen LogP contribution in [0.25, 0.3) is 10.1 Å².